The highest BCUT2D eigenvalue weighted by atomic mass is 19.3. The first-order chi connectivity index (χ1) is 10.4. The number of alkyl halides is 2. The van der Waals surface area contributed by atoms with Crippen molar-refractivity contribution in [2.75, 3.05) is 13.1 Å². The summed E-state index contributed by atoms with van der Waals surface area (Å²) in [6.45, 7) is 3.67. The van der Waals surface area contributed by atoms with E-state index in [4.69, 9.17) is 0 Å². The lowest BCUT2D eigenvalue weighted by Crippen LogP contribution is -2.53. The smallest absolute Gasteiger partial charge is 0.248 e. The van der Waals surface area contributed by atoms with Gasteiger partial charge in [0.05, 0.1) is 0 Å². The average molecular weight is 307 g/mol. The van der Waals surface area contributed by atoms with Gasteiger partial charge >= 0.3 is 0 Å². The minimum atomic E-state index is -2.56. The molecule has 0 aromatic heterocycles. The molecule has 2 fully saturated rings. The molecule has 4 heteroatoms. The molecule has 1 aromatic rings. The number of halogens is 2. The highest BCUT2D eigenvalue weighted by Gasteiger charge is 2.41. The van der Waals surface area contributed by atoms with Gasteiger partial charge in [0.2, 0.25) is 11.8 Å². The molecule has 1 aliphatic carbocycles. The number of amides is 1. The molecule has 1 saturated carbocycles. The number of likely N-dealkylation sites (tertiary alicyclic amines) is 1. The van der Waals surface area contributed by atoms with Crippen LogP contribution >= 0.6 is 0 Å². The number of benzene rings is 1. The molecule has 1 saturated heterocycles. The third-order valence-corrected chi connectivity index (χ3v) is 5.11. The maximum Gasteiger partial charge on any atom is 0.248 e. The van der Waals surface area contributed by atoms with Gasteiger partial charge in [-0.1, -0.05) is 24.3 Å². The molecule has 0 bridgehead atoms. The second-order valence-electron chi connectivity index (χ2n) is 6.87. The minimum Gasteiger partial charge on any atom is -0.342 e. The standard InChI is InChI=1S/C18H23F2NO/c1-13-4-2-3-5-16(13)10-14-11-21(12-14)17(22)15-6-8-18(19,20)9-7-15/h2-5,14-15H,6-12H2,1H3. The lowest BCUT2D eigenvalue weighted by atomic mass is 9.83. The van der Waals surface area contributed by atoms with Crippen molar-refractivity contribution in [2.45, 2.75) is 45.0 Å². The topological polar surface area (TPSA) is 20.3 Å². The Morgan fingerprint density at radius 3 is 2.50 bits per heavy atom. The molecule has 2 nitrogen and oxygen atoms in total. The summed E-state index contributed by atoms with van der Waals surface area (Å²) in [5.74, 6) is -2.13. The summed E-state index contributed by atoms with van der Waals surface area (Å²) in [5, 5.41) is 0. The lowest BCUT2D eigenvalue weighted by molar-refractivity contribution is -0.146. The quantitative estimate of drug-likeness (QED) is 0.831. The predicted octanol–water partition coefficient (Wildman–Crippen LogP) is 3.82. The first-order valence-electron chi connectivity index (χ1n) is 8.16. The van der Waals surface area contributed by atoms with Crippen LogP contribution in [0.3, 0.4) is 0 Å². The zero-order valence-corrected chi connectivity index (χ0v) is 13.0. The van der Waals surface area contributed by atoms with Crippen LogP contribution in [0.2, 0.25) is 0 Å². The molecule has 120 valence electrons. The summed E-state index contributed by atoms with van der Waals surface area (Å²) < 4.78 is 26.3. The van der Waals surface area contributed by atoms with E-state index in [2.05, 4.69) is 19.1 Å². The zero-order valence-electron chi connectivity index (χ0n) is 13.0. The molecule has 22 heavy (non-hydrogen) atoms. The fourth-order valence-corrected chi connectivity index (χ4v) is 3.57. The third kappa shape index (κ3) is 3.31. The normalized spacial score (nSPS) is 22.4. The zero-order chi connectivity index (χ0) is 15.7. The molecular weight excluding hydrogens is 284 g/mol. The summed E-state index contributed by atoms with van der Waals surface area (Å²) in [5.41, 5.74) is 2.64. The summed E-state index contributed by atoms with van der Waals surface area (Å²) >= 11 is 0. The Morgan fingerprint density at radius 2 is 1.86 bits per heavy atom. The molecule has 0 radical (unpaired) electrons. The van der Waals surface area contributed by atoms with Gasteiger partial charge in [-0.15, -0.1) is 0 Å². The number of hydrogen-bond acceptors (Lipinski definition) is 1. The van der Waals surface area contributed by atoms with Gasteiger partial charge in [0.1, 0.15) is 0 Å². The number of hydrogen-bond donors (Lipinski definition) is 0. The maximum atomic E-state index is 13.2. The average Bonchev–Trinajstić information content (AvgIpc) is 2.43. The van der Waals surface area contributed by atoms with E-state index in [0.29, 0.717) is 18.8 Å². The first-order valence-corrected chi connectivity index (χ1v) is 8.16. The largest absolute Gasteiger partial charge is 0.342 e. The van der Waals surface area contributed by atoms with E-state index in [1.165, 1.54) is 11.1 Å². The van der Waals surface area contributed by atoms with Crippen molar-refractivity contribution in [1.82, 2.24) is 4.90 Å². The molecule has 1 aromatic carbocycles. The van der Waals surface area contributed by atoms with E-state index in [1.807, 2.05) is 17.0 Å². The van der Waals surface area contributed by atoms with Crippen LogP contribution < -0.4 is 0 Å². The van der Waals surface area contributed by atoms with Gasteiger partial charge in [0, 0.05) is 31.8 Å². The van der Waals surface area contributed by atoms with Gasteiger partial charge in [-0.2, -0.15) is 0 Å². The van der Waals surface area contributed by atoms with Crippen molar-refractivity contribution in [3.63, 3.8) is 0 Å². The van der Waals surface area contributed by atoms with Crippen LogP contribution in [0.1, 0.15) is 36.8 Å². The fourth-order valence-electron chi connectivity index (χ4n) is 3.57. The van der Waals surface area contributed by atoms with Gasteiger partial charge in [0.25, 0.3) is 0 Å². The Morgan fingerprint density at radius 1 is 1.23 bits per heavy atom. The van der Waals surface area contributed by atoms with Crippen LogP contribution in [0.4, 0.5) is 8.78 Å². The highest BCUT2D eigenvalue weighted by molar-refractivity contribution is 5.79. The fraction of sp³-hybridized carbons (Fsp3) is 0.611. The molecule has 0 spiro atoms. The number of rotatable bonds is 3. The lowest BCUT2D eigenvalue weighted by Gasteiger charge is -2.42. The number of carbonyl (C=O) groups excluding carboxylic acids is 1. The Hall–Kier alpha value is -1.45. The summed E-state index contributed by atoms with van der Waals surface area (Å²) in [6.07, 6.45) is 1.41. The SMILES string of the molecule is Cc1ccccc1CC1CN(C(=O)C2CCC(F)(F)CC2)C1. The van der Waals surface area contributed by atoms with Crippen LogP contribution in [-0.4, -0.2) is 29.8 Å². The van der Waals surface area contributed by atoms with Gasteiger partial charge in [-0.25, -0.2) is 8.78 Å². The first kappa shape index (κ1) is 15.4. The van der Waals surface area contributed by atoms with Crippen molar-refractivity contribution in [3.8, 4) is 0 Å². The van der Waals surface area contributed by atoms with Gasteiger partial charge in [0.15, 0.2) is 0 Å². The molecule has 1 aliphatic heterocycles. The summed E-state index contributed by atoms with van der Waals surface area (Å²) in [7, 11) is 0. The van der Waals surface area contributed by atoms with Crippen molar-refractivity contribution in [2.24, 2.45) is 11.8 Å². The summed E-state index contributed by atoms with van der Waals surface area (Å²) in [6, 6.07) is 8.34. The van der Waals surface area contributed by atoms with Gasteiger partial charge in [-0.05, 0) is 43.2 Å². The molecule has 1 amide bonds. The Labute approximate surface area is 130 Å². The van der Waals surface area contributed by atoms with Crippen LogP contribution in [0.15, 0.2) is 24.3 Å². The maximum absolute atomic E-state index is 13.2. The molecule has 1 heterocycles. The molecule has 0 unspecified atom stereocenters. The molecule has 0 N–H and O–H groups in total. The van der Waals surface area contributed by atoms with Gasteiger partial charge in [-0.3, -0.25) is 4.79 Å². The van der Waals surface area contributed by atoms with E-state index in [9.17, 15) is 13.6 Å². The van der Waals surface area contributed by atoms with Crippen LogP contribution in [0, 0.1) is 18.8 Å². The second-order valence-corrected chi connectivity index (χ2v) is 6.87. The van der Waals surface area contributed by atoms with Crippen molar-refractivity contribution in [1.29, 1.82) is 0 Å². The highest BCUT2D eigenvalue weighted by Crippen LogP contribution is 2.37. The van der Waals surface area contributed by atoms with E-state index in [0.717, 1.165) is 19.5 Å². The van der Waals surface area contributed by atoms with E-state index >= 15 is 0 Å². The van der Waals surface area contributed by atoms with Crippen molar-refractivity contribution >= 4 is 5.91 Å². The van der Waals surface area contributed by atoms with Crippen LogP contribution in [-0.2, 0) is 11.2 Å². The molecule has 3 rings (SSSR count). The van der Waals surface area contributed by atoms with E-state index in [-0.39, 0.29) is 24.7 Å². The minimum absolute atomic E-state index is 0.0940. The van der Waals surface area contributed by atoms with Crippen molar-refractivity contribution in [3.05, 3.63) is 35.4 Å². The Bertz CT molecular complexity index is 542. The van der Waals surface area contributed by atoms with Crippen molar-refractivity contribution < 1.29 is 13.6 Å². The van der Waals surface area contributed by atoms with Crippen LogP contribution in [0.25, 0.3) is 0 Å². The number of carbonyl (C=O) groups is 1. The summed E-state index contributed by atoms with van der Waals surface area (Å²) in [4.78, 5) is 14.2. The molecule has 2 aliphatic rings. The number of aryl methyl sites for hydroxylation is 1. The number of nitrogens with zero attached hydrogens (tertiary/aromatic N) is 1. The second kappa shape index (κ2) is 5.98. The van der Waals surface area contributed by atoms with E-state index < -0.39 is 5.92 Å². The Balaban J connectivity index is 1.47. The molecule has 0 atom stereocenters. The predicted molar refractivity (Wildman–Crippen MR) is 81.9 cm³/mol. The molecular formula is C18H23F2NO. The van der Waals surface area contributed by atoms with Gasteiger partial charge < -0.3 is 4.90 Å². The van der Waals surface area contributed by atoms with E-state index in [1.54, 1.807) is 0 Å². The third-order valence-electron chi connectivity index (χ3n) is 5.11. The monoisotopic (exact) mass is 307 g/mol. The van der Waals surface area contributed by atoms with Crippen LogP contribution in [0.5, 0.6) is 0 Å². The Kier molecular flexibility index (Phi) is 4.20.